The van der Waals surface area contributed by atoms with Crippen LogP contribution in [0.2, 0.25) is 0 Å². The fourth-order valence-electron chi connectivity index (χ4n) is 2.14. The number of para-hydroxylation sites is 1. The van der Waals surface area contributed by atoms with Crippen LogP contribution in [-0.2, 0) is 0 Å². The van der Waals surface area contributed by atoms with Gasteiger partial charge in [-0.05, 0) is 30.3 Å². The maximum atomic E-state index is 13.9. The van der Waals surface area contributed by atoms with Gasteiger partial charge in [0, 0.05) is 17.3 Å². The molecule has 1 aromatic heterocycles. The van der Waals surface area contributed by atoms with Crippen molar-refractivity contribution in [1.82, 2.24) is 4.98 Å². The minimum absolute atomic E-state index is 0.280. The second-order valence-electron chi connectivity index (χ2n) is 4.53. The van der Waals surface area contributed by atoms with Gasteiger partial charge in [0.1, 0.15) is 5.82 Å². The number of nitriles is 1. The number of aromatic nitrogens is 1. The topological polar surface area (TPSA) is 74.7 Å². The fraction of sp³-hybridized carbons (Fsp3) is 0. The van der Waals surface area contributed by atoms with E-state index < -0.39 is 5.82 Å². The summed E-state index contributed by atoms with van der Waals surface area (Å²) in [5, 5.41) is 12.6. The summed E-state index contributed by atoms with van der Waals surface area (Å²) in [4.78, 5) is 4.23. The Bertz CT molecular complexity index is 868. The molecule has 0 aliphatic rings. The molecule has 1 heterocycles. The Morgan fingerprint density at radius 1 is 1.14 bits per heavy atom. The monoisotopic (exact) mass is 278 g/mol. The van der Waals surface area contributed by atoms with Crippen molar-refractivity contribution in [3.63, 3.8) is 0 Å². The van der Waals surface area contributed by atoms with E-state index in [0.717, 1.165) is 5.39 Å². The van der Waals surface area contributed by atoms with Crippen molar-refractivity contribution in [2.75, 3.05) is 11.1 Å². The van der Waals surface area contributed by atoms with E-state index in [1.54, 1.807) is 24.4 Å². The summed E-state index contributed by atoms with van der Waals surface area (Å²) in [5.41, 5.74) is 8.39. The third kappa shape index (κ3) is 2.35. The molecular weight excluding hydrogens is 267 g/mol. The highest BCUT2D eigenvalue weighted by Crippen LogP contribution is 2.29. The molecule has 0 unspecified atom stereocenters. The van der Waals surface area contributed by atoms with Gasteiger partial charge in [-0.3, -0.25) is 4.98 Å². The van der Waals surface area contributed by atoms with Gasteiger partial charge in [0.25, 0.3) is 0 Å². The largest absolute Gasteiger partial charge is 0.397 e. The highest BCUT2D eigenvalue weighted by atomic mass is 19.1. The molecule has 3 N–H and O–H groups in total. The molecule has 2 aromatic carbocycles. The zero-order chi connectivity index (χ0) is 14.8. The number of pyridine rings is 1. The van der Waals surface area contributed by atoms with Gasteiger partial charge < -0.3 is 11.1 Å². The second-order valence-corrected chi connectivity index (χ2v) is 4.53. The number of fused-ring (bicyclic) bond motifs is 1. The lowest BCUT2D eigenvalue weighted by Crippen LogP contribution is -1.97. The van der Waals surface area contributed by atoms with E-state index in [4.69, 9.17) is 11.0 Å². The molecular formula is C16H11FN4. The van der Waals surface area contributed by atoms with Crippen LogP contribution < -0.4 is 11.1 Å². The van der Waals surface area contributed by atoms with Crippen molar-refractivity contribution in [2.45, 2.75) is 0 Å². The Balaban J connectivity index is 2.07. The van der Waals surface area contributed by atoms with Gasteiger partial charge in [0.15, 0.2) is 0 Å². The molecule has 0 amide bonds. The lowest BCUT2D eigenvalue weighted by atomic mass is 10.1. The molecule has 5 heteroatoms. The number of benzene rings is 2. The highest BCUT2D eigenvalue weighted by molar-refractivity contribution is 5.98. The summed E-state index contributed by atoms with van der Waals surface area (Å²) in [6, 6.07) is 13.4. The van der Waals surface area contributed by atoms with Crippen molar-refractivity contribution in [3.05, 3.63) is 60.0 Å². The Morgan fingerprint density at radius 2 is 2.00 bits per heavy atom. The van der Waals surface area contributed by atoms with Crippen LogP contribution in [0.3, 0.4) is 0 Å². The average molecular weight is 278 g/mol. The number of anilines is 3. The van der Waals surface area contributed by atoms with Crippen molar-refractivity contribution in [2.24, 2.45) is 0 Å². The molecule has 0 saturated carbocycles. The van der Waals surface area contributed by atoms with Gasteiger partial charge in [0.05, 0.1) is 28.5 Å². The van der Waals surface area contributed by atoms with Crippen molar-refractivity contribution < 1.29 is 4.39 Å². The average Bonchev–Trinajstić information content (AvgIpc) is 2.50. The molecule has 3 aromatic rings. The molecule has 4 nitrogen and oxygen atoms in total. The van der Waals surface area contributed by atoms with E-state index in [0.29, 0.717) is 22.6 Å². The summed E-state index contributed by atoms with van der Waals surface area (Å²) in [7, 11) is 0. The Morgan fingerprint density at radius 3 is 2.76 bits per heavy atom. The zero-order valence-electron chi connectivity index (χ0n) is 11.0. The van der Waals surface area contributed by atoms with E-state index >= 15 is 0 Å². The lowest BCUT2D eigenvalue weighted by Gasteiger charge is -2.11. The van der Waals surface area contributed by atoms with E-state index in [9.17, 15) is 4.39 Å². The number of nitrogens with one attached hydrogen (secondary N) is 1. The molecule has 0 radical (unpaired) electrons. The van der Waals surface area contributed by atoms with Crippen molar-refractivity contribution >= 4 is 28.0 Å². The first-order chi connectivity index (χ1) is 10.2. The number of hydrogen-bond acceptors (Lipinski definition) is 4. The third-order valence-corrected chi connectivity index (χ3v) is 3.17. The van der Waals surface area contributed by atoms with Crippen LogP contribution in [0.25, 0.3) is 10.9 Å². The maximum absolute atomic E-state index is 13.9. The minimum Gasteiger partial charge on any atom is -0.397 e. The first kappa shape index (κ1) is 12.9. The van der Waals surface area contributed by atoms with Crippen molar-refractivity contribution in [1.29, 1.82) is 5.26 Å². The molecule has 0 bridgehead atoms. The number of nitrogen functional groups attached to an aromatic ring is 1. The van der Waals surface area contributed by atoms with E-state index in [1.807, 2.05) is 18.2 Å². The Labute approximate surface area is 120 Å². The van der Waals surface area contributed by atoms with E-state index in [-0.39, 0.29) is 5.56 Å². The van der Waals surface area contributed by atoms with E-state index in [1.165, 1.54) is 12.1 Å². The first-order valence-electron chi connectivity index (χ1n) is 6.29. The number of nitrogens with zero attached hydrogens (tertiary/aromatic N) is 2. The smallest absolute Gasteiger partial charge is 0.147 e. The summed E-state index contributed by atoms with van der Waals surface area (Å²) < 4.78 is 13.9. The first-order valence-corrected chi connectivity index (χ1v) is 6.29. The van der Waals surface area contributed by atoms with Gasteiger partial charge in [-0.15, -0.1) is 0 Å². The van der Waals surface area contributed by atoms with Crippen LogP contribution in [0.15, 0.2) is 48.7 Å². The molecule has 3 rings (SSSR count). The van der Waals surface area contributed by atoms with Crippen molar-refractivity contribution in [3.8, 4) is 6.07 Å². The normalized spacial score (nSPS) is 10.3. The summed E-state index contributed by atoms with van der Waals surface area (Å²) in [5.74, 6) is -0.483. The SMILES string of the molecule is N#Cc1ccc(Nc2ccnc3c(N)cccc23)c(F)c1. The quantitative estimate of drug-likeness (QED) is 0.703. The molecule has 21 heavy (non-hydrogen) atoms. The van der Waals surface area contributed by atoms with Gasteiger partial charge in [-0.25, -0.2) is 4.39 Å². The lowest BCUT2D eigenvalue weighted by molar-refractivity contribution is 0.631. The highest BCUT2D eigenvalue weighted by Gasteiger charge is 2.08. The summed E-state index contributed by atoms with van der Waals surface area (Å²) in [6.45, 7) is 0. The molecule has 0 aliphatic carbocycles. The molecule has 102 valence electrons. The number of nitrogens with two attached hydrogens (primary N) is 1. The summed E-state index contributed by atoms with van der Waals surface area (Å²) in [6.07, 6.45) is 1.61. The van der Waals surface area contributed by atoms with Gasteiger partial charge in [-0.2, -0.15) is 5.26 Å². The van der Waals surface area contributed by atoms with Gasteiger partial charge in [-0.1, -0.05) is 12.1 Å². The molecule has 0 saturated heterocycles. The zero-order valence-corrected chi connectivity index (χ0v) is 11.0. The van der Waals surface area contributed by atoms with Crippen LogP contribution in [0.4, 0.5) is 21.5 Å². The molecule has 0 atom stereocenters. The molecule has 0 aliphatic heterocycles. The minimum atomic E-state index is -0.483. The number of rotatable bonds is 2. The number of halogens is 1. The maximum Gasteiger partial charge on any atom is 0.147 e. The van der Waals surface area contributed by atoms with Crippen LogP contribution >= 0.6 is 0 Å². The van der Waals surface area contributed by atoms with Crippen LogP contribution in [0.1, 0.15) is 5.56 Å². The van der Waals surface area contributed by atoms with Crippen LogP contribution in [0.5, 0.6) is 0 Å². The Kier molecular flexibility index (Phi) is 3.13. The number of hydrogen-bond donors (Lipinski definition) is 2. The van der Waals surface area contributed by atoms with Crippen LogP contribution in [-0.4, -0.2) is 4.98 Å². The van der Waals surface area contributed by atoms with Crippen LogP contribution in [0, 0.1) is 17.1 Å². The predicted octanol–water partition coefficient (Wildman–Crippen LogP) is 3.57. The predicted molar refractivity (Wildman–Crippen MR) is 80.6 cm³/mol. The third-order valence-electron chi connectivity index (χ3n) is 3.17. The van der Waals surface area contributed by atoms with Gasteiger partial charge in [0.2, 0.25) is 0 Å². The fourth-order valence-corrected chi connectivity index (χ4v) is 2.14. The standard InChI is InChI=1S/C16H11FN4/c17-12-8-10(9-18)4-5-15(12)21-14-6-7-20-16-11(14)2-1-3-13(16)19/h1-8H,19H2,(H,20,21). The Hall–Kier alpha value is -3.13. The van der Waals surface area contributed by atoms with E-state index in [2.05, 4.69) is 10.3 Å². The molecule has 0 fully saturated rings. The van der Waals surface area contributed by atoms with Gasteiger partial charge >= 0.3 is 0 Å². The second kappa shape index (κ2) is 5.10. The molecule has 0 spiro atoms. The summed E-state index contributed by atoms with van der Waals surface area (Å²) >= 11 is 0.